The van der Waals surface area contributed by atoms with E-state index < -0.39 is 0 Å². The normalized spacial score (nSPS) is 10.5. The zero-order chi connectivity index (χ0) is 17.4. The van der Waals surface area contributed by atoms with Crippen molar-refractivity contribution in [2.45, 2.75) is 5.75 Å². The Hall–Kier alpha value is -1.07. The van der Waals surface area contributed by atoms with Crippen molar-refractivity contribution in [3.63, 3.8) is 0 Å². The van der Waals surface area contributed by atoms with Crippen LogP contribution >= 0.6 is 46.6 Å². The van der Waals surface area contributed by atoms with Crippen LogP contribution in [0.4, 0.5) is 0 Å². The Bertz CT molecular complexity index is 680. The summed E-state index contributed by atoms with van der Waals surface area (Å²) in [5, 5.41) is 4.44. The van der Waals surface area contributed by atoms with E-state index in [1.807, 2.05) is 24.3 Å². The second-order valence-corrected chi connectivity index (χ2v) is 7.28. The van der Waals surface area contributed by atoms with Gasteiger partial charge in [-0.2, -0.15) is 11.8 Å². The lowest BCUT2D eigenvalue weighted by molar-refractivity contribution is -0.122. The van der Waals surface area contributed by atoms with Crippen molar-refractivity contribution in [2.24, 2.45) is 0 Å². The third kappa shape index (κ3) is 6.81. The maximum Gasteiger partial charge on any atom is 0.257 e. The Morgan fingerprint density at radius 2 is 1.75 bits per heavy atom. The standard InChI is InChI=1S/C17H16Cl3NO2S/c18-13-3-1-12(2-4-13)11-24-8-7-21-17(22)10-23-16-6-5-14(19)9-15(16)20/h1-6,9H,7-8,10-11H2,(H,21,22). The van der Waals surface area contributed by atoms with Crippen molar-refractivity contribution in [2.75, 3.05) is 18.9 Å². The highest BCUT2D eigenvalue weighted by atomic mass is 35.5. The zero-order valence-electron chi connectivity index (χ0n) is 12.7. The maximum atomic E-state index is 11.7. The van der Waals surface area contributed by atoms with Crippen LogP contribution in [0.3, 0.4) is 0 Å². The van der Waals surface area contributed by atoms with Crippen molar-refractivity contribution in [1.82, 2.24) is 5.32 Å². The fourth-order valence-corrected chi connectivity index (χ4v) is 3.23. The Labute approximate surface area is 160 Å². The molecular weight excluding hydrogens is 389 g/mol. The minimum atomic E-state index is -0.187. The molecule has 0 spiro atoms. The molecule has 0 saturated heterocycles. The summed E-state index contributed by atoms with van der Waals surface area (Å²) in [7, 11) is 0. The number of carbonyl (C=O) groups excluding carboxylic acids is 1. The van der Waals surface area contributed by atoms with Crippen LogP contribution in [0.5, 0.6) is 5.75 Å². The van der Waals surface area contributed by atoms with Crippen molar-refractivity contribution < 1.29 is 9.53 Å². The summed E-state index contributed by atoms with van der Waals surface area (Å²) in [6.07, 6.45) is 0. The largest absolute Gasteiger partial charge is 0.482 e. The van der Waals surface area contributed by atoms with Gasteiger partial charge >= 0.3 is 0 Å². The highest BCUT2D eigenvalue weighted by molar-refractivity contribution is 7.98. The molecule has 0 saturated carbocycles. The average Bonchev–Trinajstić information content (AvgIpc) is 2.55. The molecule has 128 valence electrons. The van der Waals surface area contributed by atoms with Gasteiger partial charge in [0.05, 0.1) is 5.02 Å². The molecule has 24 heavy (non-hydrogen) atoms. The van der Waals surface area contributed by atoms with Gasteiger partial charge in [-0.05, 0) is 35.9 Å². The number of carbonyl (C=O) groups is 1. The summed E-state index contributed by atoms with van der Waals surface area (Å²) in [4.78, 5) is 11.7. The fraction of sp³-hybridized carbons (Fsp3) is 0.235. The highest BCUT2D eigenvalue weighted by Gasteiger charge is 2.06. The Kier molecular flexibility index (Phi) is 8.06. The van der Waals surface area contributed by atoms with Crippen LogP contribution in [0.25, 0.3) is 0 Å². The first-order chi connectivity index (χ1) is 11.5. The van der Waals surface area contributed by atoms with E-state index in [9.17, 15) is 4.79 Å². The van der Waals surface area contributed by atoms with Gasteiger partial charge in [0.1, 0.15) is 5.75 Å². The molecule has 0 aromatic heterocycles. The summed E-state index contributed by atoms with van der Waals surface area (Å²) in [5.74, 6) is 1.95. The number of amides is 1. The van der Waals surface area contributed by atoms with Crippen molar-refractivity contribution in [3.05, 3.63) is 63.1 Å². The van der Waals surface area contributed by atoms with Crippen molar-refractivity contribution in [3.8, 4) is 5.75 Å². The SMILES string of the molecule is O=C(COc1ccc(Cl)cc1Cl)NCCSCc1ccc(Cl)cc1. The van der Waals surface area contributed by atoms with Crippen LogP contribution in [0.15, 0.2) is 42.5 Å². The van der Waals surface area contributed by atoms with Gasteiger partial charge in [0.25, 0.3) is 5.91 Å². The van der Waals surface area contributed by atoms with Gasteiger partial charge in [0.15, 0.2) is 6.61 Å². The molecule has 0 atom stereocenters. The predicted octanol–water partition coefficient (Wildman–Crippen LogP) is 5.08. The van der Waals surface area contributed by atoms with E-state index in [-0.39, 0.29) is 12.5 Å². The van der Waals surface area contributed by atoms with Gasteiger partial charge in [0, 0.05) is 28.1 Å². The Morgan fingerprint density at radius 3 is 2.46 bits per heavy atom. The summed E-state index contributed by atoms with van der Waals surface area (Å²) in [5.41, 5.74) is 1.21. The lowest BCUT2D eigenvalue weighted by atomic mass is 10.2. The second-order valence-electron chi connectivity index (χ2n) is 4.89. The summed E-state index contributed by atoms with van der Waals surface area (Å²) in [6, 6.07) is 12.6. The molecule has 7 heteroatoms. The van der Waals surface area contributed by atoms with Crippen LogP contribution < -0.4 is 10.1 Å². The van der Waals surface area contributed by atoms with Crippen LogP contribution in [0, 0.1) is 0 Å². The molecule has 0 aliphatic rings. The zero-order valence-corrected chi connectivity index (χ0v) is 15.8. The Balaban J connectivity index is 1.60. The maximum absolute atomic E-state index is 11.7. The van der Waals surface area contributed by atoms with Gasteiger partial charge in [-0.3, -0.25) is 4.79 Å². The molecule has 0 radical (unpaired) electrons. The van der Waals surface area contributed by atoms with Crippen LogP contribution in [0.2, 0.25) is 15.1 Å². The molecule has 0 aliphatic heterocycles. The van der Waals surface area contributed by atoms with E-state index in [2.05, 4.69) is 5.32 Å². The van der Waals surface area contributed by atoms with Gasteiger partial charge < -0.3 is 10.1 Å². The minimum absolute atomic E-state index is 0.0802. The average molecular weight is 405 g/mol. The number of benzene rings is 2. The quantitative estimate of drug-likeness (QED) is 0.624. The number of ether oxygens (including phenoxy) is 1. The monoisotopic (exact) mass is 403 g/mol. The van der Waals surface area contributed by atoms with Gasteiger partial charge in [-0.15, -0.1) is 0 Å². The molecule has 1 amide bonds. The summed E-state index contributed by atoms with van der Waals surface area (Å²) >= 11 is 19.4. The summed E-state index contributed by atoms with van der Waals surface area (Å²) < 4.78 is 5.37. The van der Waals surface area contributed by atoms with E-state index in [1.165, 1.54) is 5.56 Å². The van der Waals surface area contributed by atoms with E-state index in [1.54, 1.807) is 30.0 Å². The number of rotatable bonds is 8. The first kappa shape index (κ1) is 19.3. The Morgan fingerprint density at radius 1 is 1.04 bits per heavy atom. The third-order valence-electron chi connectivity index (χ3n) is 3.00. The number of halogens is 3. The van der Waals surface area contributed by atoms with Crippen molar-refractivity contribution in [1.29, 1.82) is 0 Å². The van der Waals surface area contributed by atoms with Crippen LogP contribution in [-0.4, -0.2) is 24.8 Å². The van der Waals surface area contributed by atoms with E-state index in [4.69, 9.17) is 39.5 Å². The topological polar surface area (TPSA) is 38.3 Å². The first-order valence-corrected chi connectivity index (χ1v) is 9.50. The molecule has 0 aliphatic carbocycles. The molecule has 2 aromatic carbocycles. The van der Waals surface area contributed by atoms with E-state index in [0.29, 0.717) is 22.3 Å². The predicted molar refractivity (Wildman–Crippen MR) is 103 cm³/mol. The lowest BCUT2D eigenvalue weighted by Crippen LogP contribution is -2.30. The van der Waals surface area contributed by atoms with E-state index >= 15 is 0 Å². The smallest absolute Gasteiger partial charge is 0.257 e. The minimum Gasteiger partial charge on any atom is -0.482 e. The number of hydrogen-bond donors (Lipinski definition) is 1. The molecule has 1 N–H and O–H groups in total. The molecule has 0 unspecified atom stereocenters. The first-order valence-electron chi connectivity index (χ1n) is 7.21. The second kappa shape index (κ2) is 10.0. The molecule has 2 aromatic rings. The fourth-order valence-electron chi connectivity index (χ4n) is 1.82. The molecular formula is C17H16Cl3NO2S. The molecule has 2 rings (SSSR count). The van der Waals surface area contributed by atoms with Gasteiger partial charge in [-0.25, -0.2) is 0 Å². The van der Waals surface area contributed by atoms with Gasteiger partial charge in [-0.1, -0.05) is 46.9 Å². The highest BCUT2D eigenvalue weighted by Crippen LogP contribution is 2.27. The number of nitrogens with one attached hydrogen (secondary N) is 1. The molecule has 0 fully saturated rings. The molecule has 0 heterocycles. The van der Waals surface area contributed by atoms with E-state index in [0.717, 1.165) is 16.5 Å². The van der Waals surface area contributed by atoms with Crippen molar-refractivity contribution >= 4 is 52.5 Å². The van der Waals surface area contributed by atoms with Crippen LogP contribution in [0.1, 0.15) is 5.56 Å². The molecule has 0 bridgehead atoms. The summed E-state index contributed by atoms with van der Waals surface area (Å²) in [6.45, 7) is 0.498. The number of hydrogen-bond acceptors (Lipinski definition) is 3. The van der Waals surface area contributed by atoms with Gasteiger partial charge in [0.2, 0.25) is 0 Å². The van der Waals surface area contributed by atoms with Crippen LogP contribution in [-0.2, 0) is 10.5 Å². The lowest BCUT2D eigenvalue weighted by Gasteiger charge is -2.09. The number of thioether (sulfide) groups is 1. The molecule has 3 nitrogen and oxygen atoms in total. The third-order valence-corrected chi connectivity index (χ3v) is 4.82.